The van der Waals surface area contributed by atoms with Crippen LogP contribution in [0.15, 0.2) is 0 Å². The smallest absolute Gasteiger partial charge is 0.217 e. The Bertz CT molecular complexity index is 272. The number of methoxy groups -OCH3 is 1. The van der Waals surface area contributed by atoms with E-state index in [-0.39, 0.29) is 0 Å². The van der Waals surface area contributed by atoms with Crippen LogP contribution >= 0.6 is 0 Å². The summed E-state index contributed by atoms with van der Waals surface area (Å²) in [6.07, 6.45) is 2.81. The molecule has 0 radical (unpaired) electrons. The summed E-state index contributed by atoms with van der Waals surface area (Å²) in [6.45, 7) is 4.81. The summed E-state index contributed by atoms with van der Waals surface area (Å²) in [4.78, 5) is 0. The van der Waals surface area contributed by atoms with Gasteiger partial charge in [-0.3, -0.25) is 4.18 Å². The lowest BCUT2D eigenvalue weighted by Crippen LogP contribution is -2.43. The number of rotatable bonds is 4. The largest absolute Gasteiger partial charge is 0.726 e. The van der Waals surface area contributed by atoms with Crippen molar-refractivity contribution < 1.29 is 26.4 Å². The molecule has 0 bridgehead atoms. The normalized spacial score (nSPS) is 19.0. The van der Waals surface area contributed by atoms with Gasteiger partial charge in [0, 0.05) is 20.0 Å². The molecule has 1 heterocycles. The minimum absolute atomic E-state index is 0.808. The van der Waals surface area contributed by atoms with E-state index in [1.165, 1.54) is 37.0 Å². The molecule has 0 aromatic rings. The number of likely N-dealkylation sites (tertiary alicyclic amines) is 1. The van der Waals surface area contributed by atoms with E-state index >= 15 is 0 Å². The van der Waals surface area contributed by atoms with Crippen molar-refractivity contribution in [3.8, 4) is 0 Å². The van der Waals surface area contributed by atoms with Gasteiger partial charge in [-0.05, 0) is 0 Å². The Morgan fingerprint density at radius 1 is 1.25 bits per heavy atom. The van der Waals surface area contributed by atoms with Gasteiger partial charge in [0.25, 0.3) is 0 Å². The van der Waals surface area contributed by atoms with Crippen molar-refractivity contribution in [2.24, 2.45) is 0 Å². The van der Waals surface area contributed by atoms with Crippen molar-refractivity contribution in [3.63, 3.8) is 0 Å². The fourth-order valence-corrected chi connectivity index (χ4v) is 1.63. The highest BCUT2D eigenvalue weighted by atomic mass is 32.3. The molecule has 0 aromatic carbocycles. The zero-order valence-electron chi connectivity index (χ0n) is 10.1. The molecule has 0 unspecified atom stereocenters. The van der Waals surface area contributed by atoms with Crippen LogP contribution in [-0.2, 0) is 19.3 Å². The lowest BCUT2D eigenvalue weighted by Gasteiger charge is -2.28. The Hall–Kier alpha value is -0.210. The number of hydrogen-bond acceptors (Lipinski definition) is 5. The topological polar surface area (TPSA) is 75.7 Å². The molecule has 1 aliphatic heterocycles. The molecule has 98 valence electrons. The Balaban J connectivity index is 0.000000325. The Morgan fingerprint density at radius 3 is 2.00 bits per heavy atom. The number of likely N-dealkylation sites (N-methyl/N-ethyl adjacent to an activating group) is 1. The predicted octanol–water partition coefficient (Wildman–Crippen LogP) is -0.0338. The third-order valence-corrected chi connectivity index (χ3v) is 3.09. The molecule has 1 saturated heterocycles. The van der Waals surface area contributed by atoms with E-state index in [2.05, 4.69) is 11.2 Å². The van der Waals surface area contributed by atoms with Crippen molar-refractivity contribution in [1.82, 2.24) is 0 Å². The maximum atomic E-state index is 9.22. The Kier molecular flexibility index (Phi) is 7.09. The quantitative estimate of drug-likeness (QED) is 0.400. The Morgan fingerprint density at radius 2 is 1.69 bits per heavy atom. The molecule has 1 aliphatic rings. The average Bonchev–Trinajstić information content (AvgIpc) is 2.63. The molecular formula is C9H21NO5S. The summed E-state index contributed by atoms with van der Waals surface area (Å²) in [7, 11) is 0.501. The molecule has 0 aromatic heterocycles. The van der Waals surface area contributed by atoms with E-state index in [1.807, 2.05) is 0 Å². The molecule has 0 aliphatic carbocycles. The molecule has 1 fully saturated rings. The highest BCUT2D eigenvalue weighted by molar-refractivity contribution is 7.80. The fourth-order valence-electron chi connectivity index (χ4n) is 1.63. The van der Waals surface area contributed by atoms with Crippen molar-refractivity contribution in [2.75, 3.05) is 47.5 Å². The molecule has 7 heteroatoms. The average molecular weight is 255 g/mol. The third-order valence-electron chi connectivity index (χ3n) is 2.69. The van der Waals surface area contributed by atoms with E-state index < -0.39 is 10.4 Å². The predicted molar refractivity (Wildman–Crippen MR) is 58.6 cm³/mol. The first-order valence-corrected chi connectivity index (χ1v) is 6.50. The third kappa shape index (κ3) is 8.00. The maximum Gasteiger partial charge on any atom is 0.217 e. The van der Waals surface area contributed by atoms with Crippen molar-refractivity contribution in [2.45, 2.75) is 12.8 Å². The van der Waals surface area contributed by atoms with Gasteiger partial charge in [-0.1, -0.05) is 0 Å². The van der Waals surface area contributed by atoms with E-state index in [1.54, 1.807) is 7.11 Å². The first kappa shape index (κ1) is 15.8. The van der Waals surface area contributed by atoms with Crippen molar-refractivity contribution >= 4 is 10.4 Å². The molecule has 0 atom stereocenters. The zero-order valence-corrected chi connectivity index (χ0v) is 11.0. The lowest BCUT2D eigenvalue weighted by molar-refractivity contribution is -0.897. The second kappa shape index (κ2) is 7.18. The number of hydrogen-bond donors (Lipinski definition) is 0. The van der Waals surface area contributed by atoms with Crippen LogP contribution in [0.25, 0.3) is 0 Å². The molecule has 16 heavy (non-hydrogen) atoms. The zero-order chi connectivity index (χ0) is 12.7. The number of quaternary nitrogens is 1. The summed E-state index contributed by atoms with van der Waals surface area (Å²) in [6, 6.07) is 0. The number of nitrogens with zero attached hydrogens (tertiary/aromatic N) is 1. The molecule has 6 nitrogen and oxygen atoms in total. The SMILES string of the molecule is COCC[N+]1(C)CCCC1.COS(=O)(=O)[O-]. The van der Waals surface area contributed by atoms with Gasteiger partial charge < -0.3 is 13.8 Å². The summed E-state index contributed by atoms with van der Waals surface area (Å²) >= 11 is 0. The molecule has 0 spiro atoms. The maximum absolute atomic E-state index is 9.22. The van der Waals surface area contributed by atoms with Crippen LogP contribution in [0.1, 0.15) is 12.8 Å². The van der Waals surface area contributed by atoms with Crippen LogP contribution in [0, 0.1) is 0 Å². The fraction of sp³-hybridized carbons (Fsp3) is 1.00. The van der Waals surface area contributed by atoms with Gasteiger partial charge in [-0.15, -0.1) is 0 Å². The summed E-state index contributed by atoms with van der Waals surface area (Å²) in [5.41, 5.74) is 0. The summed E-state index contributed by atoms with van der Waals surface area (Å²) in [5, 5.41) is 0. The minimum Gasteiger partial charge on any atom is -0.726 e. The summed E-state index contributed by atoms with van der Waals surface area (Å²) in [5.74, 6) is 0. The van der Waals surface area contributed by atoms with E-state index in [4.69, 9.17) is 4.74 Å². The van der Waals surface area contributed by atoms with Gasteiger partial charge >= 0.3 is 0 Å². The standard InChI is InChI=1S/C8H18NO.CH4O4S/c1-9(7-8-10-2)5-3-4-6-9;1-5-6(2,3)4/h3-8H2,1-2H3;1H3,(H,2,3,4)/q+1;/p-1. The van der Waals surface area contributed by atoms with Gasteiger partial charge in [0.05, 0.1) is 33.9 Å². The van der Waals surface area contributed by atoms with Crippen molar-refractivity contribution in [1.29, 1.82) is 0 Å². The van der Waals surface area contributed by atoms with Crippen LogP contribution in [0.4, 0.5) is 0 Å². The van der Waals surface area contributed by atoms with Crippen LogP contribution in [0.3, 0.4) is 0 Å². The lowest BCUT2D eigenvalue weighted by atomic mass is 10.4. The minimum atomic E-state index is -4.41. The van der Waals surface area contributed by atoms with Gasteiger partial charge in [-0.2, -0.15) is 0 Å². The van der Waals surface area contributed by atoms with E-state index in [9.17, 15) is 13.0 Å². The second-order valence-corrected chi connectivity index (χ2v) is 5.21. The van der Waals surface area contributed by atoms with Gasteiger partial charge in [0.15, 0.2) is 0 Å². The monoisotopic (exact) mass is 255 g/mol. The van der Waals surface area contributed by atoms with E-state index in [0.29, 0.717) is 0 Å². The summed E-state index contributed by atoms with van der Waals surface area (Å²) < 4.78 is 37.3. The Labute approximate surface area is 97.7 Å². The molecule has 1 rings (SSSR count). The van der Waals surface area contributed by atoms with Crippen LogP contribution < -0.4 is 0 Å². The van der Waals surface area contributed by atoms with Crippen molar-refractivity contribution in [3.05, 3.63) is 0 Å². The number of ether oxygens (including phenoxy) is 1. The highest BCUT2D eigenvalue weighted by Gasteiger charge is 2.25. The first-order valence-electron chi connectivity index (χ1n) is 5.17. The molecule has 0 saturated carbocycles. The van der Waals surface area contributed by atoms with E-state index in [0.717, 1.165) is 13.7 Å². The van der Waals surface area contributed by atoms with Crippen LogP contribution in [0.5, 0.6) is 0 Å². The van der Waals surface area contributed by atoms with Crippen LogP contribution in [-0.4, -0.2) is 65.0 Å². The van der Waals surface area contributed by atoms with Gasteiger partial charge in [0.1, 0.15) is 6.54 Å². The highest BCUT2D eigenvalue weighted by Crippen LogP contribution is 2.15. The van der Waals surface area contributed by atoms with Crippen LogP contribution in [0.2, 0.25) is 0 Å². The molecule has 0 amide bonds. The van der Waals surface area contributed by atoms with Gasteiger partial charge in [0.2, 0.25) is 10.4 Å². The van der Waals surface area contributed by atoms with Gasteiger partial charge in [-0.25, -0.2) is 8.42 Å². The first-order chi connectivity index (χ1) is 7.33. The second-order valence-electron chi connectivity index (χ2n) is 4.07. The molecular weight excluding hydrogens is 234 g/mol. The molecule has 0 N–H and O–H groups in total.